The minimum absolute atomic E-state index is 0.0185. The number of rotatable bonds is 6. The number of fused-ring (bicyclic) bond motifs is 1. The van der Waals surface area contributed by atoms with Crippen molar-refractivity contribution >= 4 is 16.9 Å². The van der Waals surface area contributed by atoms with Crippen molar-refractivity contribution < 1.29 is 9.53 Å². The average molecular weight is 379 g/mol. The summed E-state index contributed by atoms with van der Waals surface area (Å²) in [5, 5.41) is 4.02. The van der Waals surface area contributed by atoms with E-state index in [1.54, 1.807) is 12.4 Å². The minimum Gasteiger partial charge on any atom is -0.489 e. The molecule has 7 heteroatoms. The van der Waals surface area contributed by atoms with Crippen molar-refractivity contribution in [2.45, 2.75) is 19.4 Å². The van der Waals surface area contributed by atoms with Crippen LogP contribution in [0.15, 0.2) is 55.2 Å². The maximum absolute atomic E-state index is 12.5. The summed E-state index contributed by atoms with van der Waals surface area (Å²) in [6.45, 7) is 3.36. The quantitative estimate of drug-likeness (QED) is 0.669. The van der Waals surface area contributed by atoms with Gasteiger partial charge >= 0.3 is 6.03 Å². The molecule has 7 nitrogen and oxygen atoms in total. The summed E-state index contributed by atoms with van der Waals surface area (Å²) in [4.78, 5) is 22.9. The molecule has 2 amide bonds. The van der Waals surface area contributed by atoms with E-state index in [4.69, 9.17) is 4.74 Å². The fraction of sp³-hybridized carbons (Fsp3) is 0.381. The summed E-state index contributed by atoms with van der Waals surface area (Å²) in [5.41, 5.74) is 0.842. The summed E-state index contributed by atoms with van der Waals surface area (Å²) in [7, 11) is 0. The number of pyridine rings is 1. The number of urea groups is 1. The number of amides is 2. The number of hydrogen-bond acceptors (Lipinski definition) is 4. The Labute approximate surface area is 164 Å². The predicted molar refractivity (Wildman–Crippen MR) is 107 cm³/mol. The van der Waals surface area contributed by atoms with Gasteiger partial charge in [-0.2, -0.15) is 0 Å². The molecule has 3 aromatic rings. The molecule has 1 aliphatic rings. The Morgan fingerprint density at radius 2 is 2.18 bits per heavy atom. The molecule has 1 N–H and O–H groups in total. The lowest BCUT2D eigenvalue weighted by molar-refractivity contribution is 0.157. The van der Waals surface area contributed by atoms with E-state index in [1.165, 1.54) is 0 Å². The number of benzene rings is 1. The third kappa shape index (κ3) is 4.42. The number of nitrogens with one attached hydrogen (secondary N) is 1. The van der Waals surface area contributed by atoms with Gasteiger partial charge in [-0.15, -0.1) is 0 Å². The Balaban J connectivity index is 1.24. The third-order valence-electron chi connectivity index (χ3n) is 5.07. The number of hydrogen-bond donors (Lipinski definition) is 1. The molecular weight excluding hydrogens is 354 g/mol. The van der Waals surface area contributed by atoms with Crippen molar-refractivity contribution in [2.75, 3.05) is 26.2 Å². The number of ether oxygens (including phenoxy) is 1. The molecule has 1 aliphatic heterocycles. The van der Waals surface area contributed by atoms with E-state index < -0.39 is 0 Å². The van der Waals surface area contributed by atoms with Crippen LogP contribution in [-0.4, -0.2) is 51.7 Å². The van der Waals surface area contributed by atoms with Crippen molar-refractivity contribution in [3.8, 4) is 5.75 Å². The molecule has 146 valence electrons. The highest BCUT2D eigenvalue weighted by Gasteiger charge is 2.23. The first kappa shape index (κ1) is 18.3. The van der Waals surface area contributed by atoms with Gasteiger partial charge in [0.25, 0.3) is 0 Å². The van der Waals surface area contributed by atoms with Gasteiger partial charge in [-0.3, -0.25) is 4.98 Å². The van der Waals surface area contributed by atoms with E-state index in [9.17, 15) is 4.79 Å². The number of imidazole rings is 1. The molecule has 2 aromatic heterocycles. The van der Waals surface area contributed by atoms with Crippen LogP contribution in [0.2, 0.25) is 0 Å². The zero-order valence-electron chi connectivity index (χ0n) is 15.8. The van der Waals surface area contributed by atoms with Crippen molar-refractivity contribution in [1.82, 2.24) is 24.8 Å². The zero-order valence-corrected chi connectivity index (χ0v) is 15.8. The van der Waals surface area contributed by atoms with Crippen molar-refractivity contribution in [3.05, 3.63) is 55.2 Å². The van der Waals surface area contributed by atoms with E-state index in [-0.39, 0.29) is 6.03 Å². The van der Waals surface area contributed by atoms with Crippen molar-refractivity contribution in [2.24, 2.45) is 5.92 Å². The molecule has 1 saturated heterocycles. The van der Waals surface area contributed by atoms with Gasteiger partial charge in [0.15, 0.2) is 0 Å². The summed E-state index contributed by atoms with van der Waals surface area (Å²) in [6, 6.07) is 9.76. The molecule has 0 bridgehead atoms. The van der Waals surface area contributed by atoms with E-state index >= 15 is 0 Å². The molecule has 3 heterocycles. The normalized spacial score (nSPS) is 16.9. The first-order valence-corrected chi connectivity index (χ1v) is 9.74. The lowest BCUT2D eigenvalue weighted by Crippen LogP contribution is -2.47. The molecule has 1 fully saturated rings. The Hall–Kier alpha value is -3.09. The monoisotopic (exact) mass is 379 g/mol. The maximum atomic E-state index is 12.5. The predicted octanol–water partition coefficient (Wildman–Crippen LogP) is 2.93. The molecule has 0 saturated carbocycles. The second kappa shape index (κ2) is 8.73. The van der Waals surface area contributed by atoms with Crippen molar-refractivity contribution in [1.29, 1.82) is 0 Å². The molecule has 0 spiro atoms. The van der Waals surface area contributed by atoms with E-state index in [2.05, 4.69) is 19.9 Å². The molecule has 1 aromatic carbocycles. The van der Waals surface area contributed by atoms with E-state index in [0.717, 1.165) is 49.1 Å². The van der Waals surface area contributed by atoms with Gasteiger partial charge in [-0.05, 0) is 30.9 Å². The smallest absolute Gasteiger partial charge is 0.317 e. The topological polar surface area (TPSA) is 72.3 Å². The van der Waals surface area contributed by atoms with Crippen LogP contribution in [0.4, 0.5) is 4.79 Å². The largest absolute Gasteiger partial charge is 0.489 e. The number of carbonyl (C=O) groups excluding carboxylic acids is 1. The van der Waals surface area contributed by atoms with Crippen LogP contribution in [-0.2, 0) is 6.54 Å². The highest BCUT2D eigenvalue weighted by Crippen LogP contribution is 2.22. The maximum Gasteiger partial charge on any atom is 0.317 e. The summed E-state index contributed by atoms with van der Waals surface area (Å²) in [5.74, 6) is 1.21. The number of piperidine rings is 1. The molecule has 0 radical (unpaired) electrons. The van der Waals surface area contributed by atoms with Gasteiger partial charge in [0, 0.05) is 43.6 Å². The van der Waals surface area contributed by atoms with Crippen LogP contribution >= 0.6 is 0 Å². The highest BCUT2D eigenvalue weighted by molar-refractivity contribution is 5.84. The van der Waals surface area contributed by atoms with Gasteiger partial charge in [-0.1, -0.05) is 18.2 Å². The van der Waals surface area contributed by atoms with E-state index in [1.807, 2.05) is 47.8 Å². The molecule has 4 rings (SSSR count). The second-order valence-corrected chi connectivity index (χ2v) is 7.13. The first-order chi connectivity index (χ1) is 13.8. The summed E-state index contributed by atoms with van der Waals surface area (Å²) < 4.78 is 7.92. The Bertz CT molecular complexity index is 907. The number of carbonyl (C=O) groups is 1. The average Bonchev–Trinajstić information content (AvgIpc) is 3.24. The van der Waals surface area contributed by atoms with Gasteiger partial charge < -0.3 is 19.5 Å². The Kier molecular flexibility index (Phi) is 5.70. The zero-order chi connectivity index (χ0) is 19.2. The fourth-order valence-electron chi connectivity index (χ4n) is 3.71. The van der Waals surface area contributed by atoms with Gasteiger partial charge in [0.05, 0.1) is 12.9 Å². The van der Waals surface area contributed by atoms with E-state index in [0.29, 0.717) is 19.1 Å². The lowest BCUT2D eigenvalue weighted by Gasteiger charge is -2.33. The van der Waals surface area contributed by atoms with Gasteiger partial charge in [-0.25, -0.2) is 9.78 Å². The number of aromatic nitrogens is 3. The standard InChI is InChI=1S/C21H25N5O2/c27-21(26-11-3-4-17(15-26)14-25-12-9-22-16-25)24-10-13-28-19-7-1-5-18-6-2-8-23-20(18)19/h1-2,5-9,12,16-17H,3-4,10-11,13-15H2,(H,24,27)/t17-/m0/s1. The molecule has 28 heavy (non-hydrogen) atoms. The summed E-state index contributed by atoms with van der Waals surface area (Å²) >= 11 is 0. The molecule has 1 atom stereocenters. The third-order valence-corrected chi connectivity index (χ3v) is 5.07. The number of likely N-dealkylation sites (tertiary alicyclic amines) is 1. The Morgan fingerprint density at radius 3 is 3.07 bits per heavy atom. The highest BCUT2D eigenvalue weighted by atomic mass is 16.5. The van der Waals surface area contributed by atoms with Crippen LogP contribution in [0, 0.1) is 5.92 Å². The van der Waals surface area contributed by atoms with Crippen LogP contribution < -0.4 is 10.1 Å². The summed E-state index contributed by atoms with van der Waals surface area (Å²) in [6.07, 6.45) is 9.52. The minimum atomic E-state index is -0.0185. The van der Waals surface area contributed by atoms with Crippen LogP contribution in [0.3, 0.4) is 0 Å². The van der Waals surface area contributed by atoms with Gasteiger partial charge in [0.2, 0.25) is 0 Å². The number of para-hydroxylation sites is 1. The fourth-order valence-corrected chi connectivity index (χ4v) is 3.71. The second-order valence-electron chi connectivity index (χ2n) is 7.13. The molecular formula is C21H25N5O2. The van der Waals surface area contributed by atoms with Crippen molar-refractivity contribution in [3.63, 3.8) is 0 Å². The lowest BCUT2D eigenvalue weighted by atomic mass is 9.98. The van der Waals surface area contributed by atoms with Gasteiger partial charge in [0.1, 0.15) is 17.9 Å². The SMILES string of the molecule is O=C(NCCOc1cccc2cccnc12)N1CCC[C@@H](Cn2ccnc2)C1. The van der Waals surface area contributed by atoms with Crippen LogP contribution in [0.25, 0.3) is 10.9 Å². The first-order valence-electron chi connectivity index (χ1n) is 9.74. The molecule has 0 unspecified atom stereocenters. The Morgan fingerprint density at radius 1 is 1.25 bits per heavy atom. The number of nitrogens with zero attached hydrogens (tertiary/aromatic N) is 4. The van der Waals surface area contributed by atoms with Crippen LogP contribution in [0.5, 0.6) is 5.75 Å². The molecule has 0 aliphatic carbocycles. The van der Waals surface area contributed by atoms with Crippen LogP contribution in [0.1, 0.15) is 12.8 Å².